The van der Waals surface area contributed by atoms with E-state index in [1.165, 1.54) is 0 Å². The molecule has 0 saturated heterocycles. The highest BCUT2D eigenvalue weighted by Crippen LogP contribution is 2.14. The molecule has 0 radical (unpaired) electrons. The summed E-state index contributed by atoms with van der Waals surface area (Å²) in [4.78, 5) is 3.99. The second-order valence-corrected chi connectivity index (χ2v) is 2.54. The Morgan fingerprint density at radius 2 is 2.55 bits per heavy atom. The van der Waals surface area contributed by atoms with Crippen LogP contribution in [0.1, 0.15) is 17.3 Å². The van der Waals surface area contributed by atoms with E-state index in [9.17, 15) is 4.39 Å². The van der Waals surface area contributed by atoms with Crippen molar-refractivity contribution < 1.29 is 8.81 Å². The Bertz CT molecular complexity index is 235. The summed E-state index contributed by atoms with van der Waals surface area (Å²) in [5, 5.41) is 3.12. The Morgan fingerprint density at radius 1 is 1.64 bits per heavy atom. The van der Waals surface area contributed by atoms with Crippen LogP contribution < -0.4 is 5.32 Å². The molecule has 60 valence electrons. The number of hydrogen-bond donors (Lipinski definition) is 1. The Kier molecular flexibility index (Phi) is 1.62. The lowest BCUT2D eigenvalue weighted by Crippen LogP contribution is -2.22. The average Bonchev–Trinajstić information content (AvgIpc) is 2.46. The molecule has 0 fully saturated rings. The molecule has 11 heavy (non-hydrogen) atoms. The van der Waals surface area contributed by atoms with Crippen LogP contribution in [-0.2, 0) is 19.6 Å². The molecule has 2 heterocycles. The van der Waals surface area contributed by atoms with Crippen LogP contribution in [0.25, 0.3) is 0 Å². The first-order chi connectivity index (χ1) is 5.40. The summed E-state index contributed by atoms with van der Waals surface area (Å²) >= 11 is 0. The van der Waals surface area contributed by atoms with Gasteiger partial charge < -0.3 is 9.73 Å². The molecule has 0 amide bonds. The van der Waals surface area contributed by atoms with Crippen molar-refractivity contribution in [2.45, 2.75) is 19.6 Å². The predicted octanol–water partition coefficient (Wildman–Crippen LogP) is 0.790. The molecule has 0 aromatic carbocycles. The van der Waals surface area contributed by atoms with Gasteiger partial charge in [0.05, 0.1) is 12.2 Å². The van der Waals surface area contributed by atoms with Crippen molar-refractivity contribution in [3.63, 3.8) is 0 Å². The van der Waals surface area contributed by atoms with Gasteiger partial charge in [0.15, 0.2) is 6.67 Å². The van der Waals surface area contributed by atoms with E-state index in [0.29, 0.717) is 6.54 Å². The fourth-order valence-corrected chi connectivity index (χ4v) is 1.24. The molecule has 3 nitrogen and oxygen atoms in total. The quantitative estimate of drug-likeness (QED) is 0.653. The van der Waals surface area contributed by atoms with Crippen molar-refractivity contribution in [1.82, 2.24) is 10.3 Å². The van der Waals surface area contributed by atoms with E-state index in [4.69, 9.17) is 4.42 Å². The Morgan fingerprint density at radius 3 is 3.27 bits per heavy atom. The zero-order valence-corrected chi connectivity index (χ0v) is 6.06. The molecule has 1 aliphatic rings. The predicted molar refractivity (Wildman–Crippen MR) is 36.7 cm³/mol. The van der Waals surface area contributed by atoms with Crippen molar-refractivity contribution in [1.29, 1.82) is 0 Å². The van der Waals surface area contributed by atoms with E-state index < -0.39 is 6.67 Å². The van der Waals surface area contributed by atoms with Crippen molar-refractivity contribution >= 4 is 0 Å². The van der Waals surface area contributed by atoms with Crippen LogP contribution in [0, 0.1) is 0 Å². The van der Waals surface area contributed by atoms with E-state index in [-0.39, 0.29) is 5.89 Å². The van der Waals surface area contributed by atoms with Crippen molar-refractivity contribution in [2.75, 3.05) is 6.54 Å². The second kappa shape index (κ2) is 2.62. The van der Waals surface area contributed by atoms with E-state index in [1.54, 1.807) is 0 Å². The number of rotatable bonds is 1. The van der Waals surface area contributed by atoms with E-state index in [0.717, 1.165) is 24.4 Å². The maximum atomic E-state index is 12.0. The minimum atomic E-state index is -0.604. The Balaban J connectivity index is 2.32. The topological polar surface area (TPSA) is 38.1 Å². The lowest BCUT2D eigenvalue weighted by atomic mass is 10.2. The highest BCUT2D eigenvalue weighted by atomic mass is 19.1. The number of alkyl halides is 1. The number of halogens is 1. The molecule has 0 aliphatic carbocycles. The second-order valence-electron chi connectivity index (χ2n) is 2.54. The highest BCUT2D eigenvalue weighted by molar-refractivity contribution is 5.12. The first kappa shape index (κ1) is 6.79. The lowest BCUT2D eigenvalue weighted by molar-refractivity contribution is 0.359. The van der Waals surface area contributed by atoms with E-state index in [2.05, 4.69) is 10.3 Å². The van der Waals surface area contributed by atoms with Crippen molar-refractivity contribution in [2.24, 2.45) is 0 Å². The third kappa shape index (κ3) is 1.14. The van der Waals surface area contributed by atoms with Crippen LogP contribution >= 0.6 is 0 Å². The first-order valence-electron chi connectivity index (χ1n) is 3.64. The largest absolute Gasteiger partial charge is 0.441 e. The standard InChI is InChI=1S/C7H9FN2O/c8-3-7-10-5-1-2-9-4-6(5)11-7/h9H,1-4H2. The fraction of sp³-hybridized carbons (Fsp3) is 0.571. The first-order valence-corrected chi connectivity index (χ1v) is 3.64. The number of nitrogens with zero attached hydrogens (tertiary/aromatic N) is 1. The maximum absolute atomic E-state index is 12.0. The molecule has 1 aromatic rings. The third-order valence-corrected chi connectivity index (χ3v) is 1.76. The van der Waals surface area contributed by atoms with Gasteiger partial charge in [-0.3, -0.25) is 0 Å². The number of oxazole rings is 1. The molecule has 0 spiro atoms. The van der Waals surface area contributed by atoms with Crippen LogP contribution in [-0.4, -0.2) is 11.5 Å². The van der Waals surface area contributed by atoms with Crippen LogP contribution in [0.5, 0.6) is 0 Å². The minimum Gasteiger partial charge on any atom is -0.441 e. The zero-order valence-electron chi connectivity index (χ0n) is 6.06. The maximum Gasteiger partial charge on any atom is 0.226 e. The smallest absolute Gasteiger partial charge is 0.226 e. The Labute approximate surface area is 63.6 Å². The molecule has 1 aliphatic heterocycles. The molecule has 1 aromatic heterocycles. The molecule has 0 atom stereocenters. The van der Waals surface area contributed by atoms with Gasteiger partial charge in [-0.25, -0.2) is 9.37 Å². The fourth-order valence-electron chi connectivity index (χ4n) is 1.24. The number of hydrogen-bond acceptors (Lipinski definition) is 3. The SMILES string of the molecule is FCc1nc2c(o1)CNCC2. The number of fused-ring (bicyclic) bond motifs is 1. The minimum absolute atomic E-state index is 0.207. The Hall–Kier alpha value is -0.900. The van der Waals surface area contributed by atoms with Gasteiger partial charge in [0.1, 0.15) is 5.76 Å². The van der Waals surface area contributed by atoms with Gasteiger partial charge in [0.25, 0.3) is 0 Å². The summed E-state index contributed by atoms with van der Waals surface area (Å²) < 4.78 is 17.1. The monoisotopic (exact) mass is 156 g/mol. The summed E-state index contributed by atoms with van der Waals surface area (Å²) in [6.07, 6.45) is 0.846. The van der Waals surface area contributed by atoms with Crippen LogP contribution in [0.4, 0.5) is 4.39 Å². The summed E-state index contributed by atoms with van der Waals surface area (Å²) in [5.74, 6) is 1.00. The molecule has 1 N–H and O–H groups in total. The summed E-state index contributed by atoms with van der Waals surface area (Å²) in [7, 11) is 0. The third-order valence-electron chi connectivity index (χ3n) is 1.76. The highest BCUT2D eigenvalue weighted by Gasteiger charge is 2.15. The van der Waals surface area contributed by atoms with Gasteiger partial charge in [-0.05, 0) is 0 Å². The number of aromatic nitrogens is 1. The van der Waals surface area contributed by atoms with E-state index >= 15 is 0 Å². The lowest BCUT2D eigenvalue weighted by Gasteiger charge is -2.08. The molecule has 4 heteroatoms. The van der Waals surface area contributed by atoms with Crippen LogP contribution in [0.3, 0.4) is 0 Å². The van der Waals surface area contributed by atoms with Gasteiger partial charge in [-0.2, -0.15) is 0 Å². The zero-order chi connectivity index (χ0) is 7.68. The van der Waals surface area contributed by atoms with Gasteiger partial charge in [0, 0.05) is 13.0 Å². The van der Waals surface area contributed by atoms with Crippen molar-refractivity contribution in [3.05, 3.63) is 17.3 Å². The summed E-state index contributed by atoms with van der Waals surface area (Å²) in [6, 6.07) is 0. The normalized spacial score (nSPS) is 16.5. The van der Waals surface area contributed by atoms with Crippen molar-refractivity contribution in [3.8, 4) is 0 Å². The van der Waals surface area contributed by atoms with E-state index in [1.807, 2.05) is 0 Å². The van der Waals surface area contributed by atoms with Crippen LogP contribution in [0.2, 0.25) is 0 Å². The molecule has 0 saturated carbocycles. The number of nitrogens with one attached hydrogen (secondary N) is 1. The summed E-state index contributed by atoms with van der Waals surface area (Å²) in [5.41, 5.74) is 0.913. The molecule has 0 unspecified atom stereocenters. The van der Waals surface area contributed by atoms with Gasteiger partial charge >= 0.3 is 0 Å². The van der Waals surface area contributed by atoms with Gasteiger partial charge in [-0.15, -0.1) is 0 Å². The average molecular weight is 156 g/mol. The molecule has 0 bridgehead atoms. The van der Waals surface area contributed by atoms with Gasteiger partial charge in [-0.1, -0.05) is 0 Å². The molecule has 2 rings (SSSR count). The molecular formula is C7H9FN2O. The molecular weight excluding hydrogens is 147 g/mol. The van der Waals surface area contributed by atoms with Gasteiger partial charge in [0.2, 0.25) is 5.89 Å². The van der Waals surface area contributed by atoms with Crippen LogP contribution in [0.15, 0.2) is 4.42 Å². The summed E-state index contributed by atoms with van der Waals surface area (Å²) in [6.45, 7) is 0.987.